The molecule has 2 aromatic carbocycles. The van der Waals surface area contributed by atoms with Gasteiger partial charge >= 0.3 is 0 Å². The van der Waals surface area contributed by atoms with E-state index in [0.717, 1.165) is 18.6 Å². The van der Waals surface area contributed by atoms with Crippen LogP contribution in [-0.4, -0.2) is 13.2 Å². The lowest BCUT2D eigenvalue weighted by Gasteiger charge is -2.47. The van der Waals surface area contributed by atoms with E-state index in [2.05, 4.69) is 48.5 Å². The van der Waals surface area contributed by atoms with Crippen molar-refractivity contribution in [2.24, 2.45) is 11.7 Å². The summed E-state index contributed by atoms with van der Waals surface area (Å²) in [5.41, 5.74) is 11.3. The fourth-order valence-corrected chi connectivity index (χ4v) is 5.06. The number of rotatable bonds is 3. The highest BCUT2D eigenvalue weighted by molar-refractivity contribution is 5.46. The van der Waals surface area contributed by atoms with Crippen LogP contribution in [0.1, 0.15) is 42.4 Å². The number of methoxy groups -OCH3 is 1. The first-order chi connectivity index (χ1) is 11.7. The highest BCUT2D eigenvalue weighted by atomic mass is 16.5. The first kappa shape index (κ1) is 15.7. The number of fused-ring (bicyclic) bond motifs is 4. The monoisotopic (exact) mass is 321 g/mol. The summed E-state index contributed by atoms with van der Waals surface area (Å²) in [6.45, 7) is 0. The molecule has 1 saturated carbocycles. The van der Waals surface area contributed by atoms with Crippen LogP contribution in [0.15, 0.2) is 48.5 Å². The van der Waals surface area contributed by atoms with Gasteiger partial charge in [-0.15, -0.1) is 0 Å². The third kappa shape index (κ3) is 2.53. The quantitative estimate of drug-likeness (QED) is 0.917. The zero-order valence-electron chi connectivity index (χ0n) is 14.5. The van der Waals surface area contributed by atoms with Crippen LogP contribution in [0.3, 0.4) is 0 Å². The van der Waals surface area contributed by atoms with Crippen molar-refractivity contribution >= 4 is 0 Å². The Labute approximate surface area is 145 Å². The van der Waals surface area contributed by atoms with Crippen LogP contribution < -0.4 is 10.5 Å². The summed E-state index contributed by atoms with van der Waals surface area (Å²) in [6.07, 6.45) is 7.18. The first-order valence-electron chi connectivity index (χ1n) is 9.20. The average molecular weight is 321 g/mol. The molecule has 0 radical (unpaired) electrons. The summed E-state index contributed by atoms with van der Waals surface area (Å²) in [7, 11) is 1.75. The molecule has 0 amide bonds. The Morgan fingerprint density at radius 3 is 2.75 bits per heavy atom. The predicted molar refractivity (Wildman–Crippen MR) is 98.5 cm³/mol. The fourth-order valence-electron chi connectivity index (χ4n) is 5.06. The molecule has 0 saturated heterocycles. The van der Waals surface area contributed by atoms with Crippen LogP contribution in [0, 0.1) is 5.92 Å². The maximum absolute atomic E-state index is 6.93. The van der Waals surface area contributed by atoms with Gasteiger partial charge in [0.1, 0.15) is 5.75 Å². The number of ether oxygens (including phenoxy) is 1. The van der Waals surface area contributed by atoms with Crippen molar-refractivity contribution in [2.75, 3.05) is 7.11 Å². The molecule has 4 rings (SSSR count). The van der Waals surface area contributed by atoms with E-state index >= 15 is 0 Å². The third-order valence-electron chi connectivity index (χ3n) is 6.29. The molecule has 2 aliphatic rings. The number of hydrogen-bond acceptors (Lipinski definition) is 2. The summed E-state index contributed by atoms with van der Waals surface area (Å²) in [6, 6.07) is 17.7. The van der Waals surface area contributed by atoms with Crippen molar-refractivity contribution in [1.82, 2.24) is 0 Å². The maximum atomic E-state index is 6.93. The van der Waals surface area contributed by atoms with Crippen molar-refractivity contribution in [1.29, 1.82) is 0 Å². The molecule has 0 spiro atoms. The van der Waals surface area contributed by atoms with E-state index in [1.165, 1.54) is 42.4 Å². The summed E-state index contributed by atoms with van der Waals surface area (Å²) in [5.74, 6) is 1.56. The standard InChI is InChI=1S/C22H27NO/c1-24-19-11-10-17-13-18-9-5-6-12-22(21(18)23,20(17)14-19)15-16-7-3-2-4-8-16/h2-4,7-8,10-11,14,18,21H,5-6,9,12-13,15,23H2,1H3. The van der Waals surface area contributed by atoms with E-state index in [4.69, 9.17) is 10.5 Å². The second-order valence-electron chi connectivity index (χ2n) is 7.58. The predicted octanol–water partition coefficient (Wildman–Crippen LogP) is 4.25. The minimum atomic E-state index is 0.0463. The molecule has 2 aliphatic carbocycles. The van der Waals surface area contributed by atoms with Crippen molar-refractivity contribution in [3.05, 3.63) is 65.2 Å². The van der Waals surface area contributed by atoms with Crippen LogP contribution in [0.4, 0.5) is 0 Å². The Morgan fingerprint density at radius 1 is 1.12 bits per heavy atom. The first-order valence-corrected chi connectivity index (χ1v) is 9.20. The summed E-state index contributed by atoms with van der Waals surface area (Å²) >= 11 is 0. The zero-order chi connectivity index (χ0) is 16.6. The smallest absolute Gasteiger partial charge is 0.119 e. The van der Waals surface area contributed by atoms with E-state index in [0.29, 0.717) is 5.92 Å². The van der Waals surface area contributed by atoms with Gasteiger partial charge in [-0.2, -0.15) is 0 Å². The van der Waals surface area contributed by atoms with Gasteiger partial charge in [0.2, 0.25) is 0 Å². The molecule has 0 aromatic heterocycles. The van der Waals surface area contributed by atoms with Gasteiger partial charge < -0.3 is 10.5 Å². The molecule has 0 heterocycles. The summed E-state index contributed by atoms with van der Waals surface area (Å²) < 4.78 is 5.54. The van der Waals surface area contributed by atoms with Gasteiger partial charge in [0.05, 0.1) is 7.11 Å². The van der Waals surface area contributed by atoms with Crippen LogP contribution in [-0.2, 0) is 18.3 Å². The third-order valence-corrected chi connectivity index (χ3v) is 6.29. The maximum Gasteiger partial charge on any atom is 0.119 e. The molecule has 3 unspecified atom stereocenters. The molecule has 2 bridgehead atoms. The molecule has 2 aromatic rings. The Balaban J connectivity index is 1.86. The molecular formula is C22H27NO. The molecule has 1 fully saturated rings. The van der Waals surface area contributed by atoms with E-state index in [-0.39, 0.29) is 11.5 Å². The largest absolute Gasteiger partial charge is 0.497 e. The van der Waals surface area contributed by atoms with E-state index in [1.54, 1.807) is 7.11 Å². The van der Waals surface area contributed by atoms with Gasteiger partial charge in [-0.25, -0.2) is 0 Å². The van der Waals surface area contributed by atoms with E-state index < -0.39 is 0 Å². The highest BCUT2D eigenvalue weighted by Crippen LogP contribution is 2.49. The Morgan fingerprint density at radius 2 is 1.96 bits per heavy atom. The van der Waals surface area contributed by atoms with E-state index in [1.807, 2.05) is 0 Å². The van der Waals surface area contributed by atoms with Gasteiger partial charge in [-0.1, -0.05) is 49.2 Å². The van der Waals surface area contributed by atoms with Crippen molar-refractivity contribution in [3.63, 3.8) is 0 Å². The van der Waals surface area contributed by atoms with Crippen molar-refractivity contribution in [3.8, 4) is 5.75 Å². The Hall–Kier alpha value is -1.80. The topological polar surface area (TPSA) is 35.2 Å². The Bertz CT molecular complexity index is 711. The lowest BCUT2D eigenvalue weighted by atomic mass is 9.59. The molecule has 24 heavy (non-hydrogen) atoms. The Kier molecular flexibility index (Phi) is 4.09. The van der Waals surface area contributed by atoms with E-state index in [9.17, 15) is 0 Å². The number of benzene rings is 2. The van der Waals surface area contributed by atoms with Gasteiger partial charge in [-0.3, -0.25) is 0 Å². The minimum Gasteiger partial charge on any atom is -0.497 e. The van der Waals surface area contributed by atoms with Crippen LogP contribution >= 0.6 is 0 Å². The van der Waals surface area contributed by atoms with Gasteiger partial charge in [0.15, 0.2) is 0 Å². The van der Waals surface area contributed by atoms with Crippen molar-refractivity contribution < 1.29 is 4.74 Å². The van der Waals surface area contributed by atoms with Gasteiger partial charge in [0, 0.05) is 11.5 Å². The lowest BCUT2D eigenvalue weighted by molar-refractivity contribution is 0.232. The zero-order valence-corrected chi connectivity index (χ0v) is 14.5. The molecule has 2 N–H and O–H groups in total. The second kappa shape index (κ2) is 6.25. The van der Waals surface area contributed by atoms with Gasteiger partial charge in [-0.05, 0) is 60.4 Å². The molecule has 3 atom stereocenters. The average Bonchev–Trinajstić information content (AvgIpc) is 2.72. The van der Waals surface area contributed by atoms with Crippen LogP contribution in [0.5, 0.6) is 5.75 Å². The highest BCUT2D eigenvalue weighted by Gasteiger charge is 2.47. The summed E-state index contributed by atoms with van der Waals surface area (Å²) in [5, 5.41) is 0. The van der Waals surface area contributed by atoms with Gasteiger partial charge in [0.25, 0.3) is 0 Å². The summed E-state index contributed by atoms with van der Waals surface area (Å²) in [4.78, 5) is 0. The lowest BCUT2D eigenvalue weighted by Crippen LogP contribution is -2.54. The molecule has 126 valence electrons. The second-order valence-corrected chi connectivity index (χ2v) is 7.58. The molecule has 0 aliphatic heterocycles. The van der Waals surface area contributed by atoms with Crippen molar-refractivity contribution in [2.45, 2.75) is 50.0 Å². The molecule has 2 nitrogen and oxygen atoms in total. The molecular weight excluding hydrogens is 294 g/mol. The SMILES string of the molecule is COc1ccc2c(c1)C1(Cc3ccccc3)CCCCC(C2)C1N. The minimum absolute atomic E-state index is 0.0463. The molecule has 2 heteroatoms. The fraction of sp³-hybridized carbons (Fsp3) is 0.455. The van der Waals surface area contributed by atoms with Crippen LogP contribution in [0.25, 0.3) is 0 Å². The van der Waals surface area contributed by atoms with Crippen LogP contribution in [0.2, 0.25) is 0 Å². The number of nitrogens with two attached hydrogens (primary N) is 1. The normalized spacial score (nSPS) is 28.8. The number of hydrogen-bond donors (Lipinski definition) is 1.